The monoisotopic (exact) mass is 402 g/mol. The Balaban J connectivity index is 1.64. The number of methoxy groups -OCH3 is 1. The van der Waals surface area contributed by atoms with Crippen LogP contribution in [0.5, 0.6) is 5.75 Å². The van der Waals surface area contributed by atoms with E-state index in [1.165, 1.54) is 5.56 Å². The summed E-state index contributed by atoms with van der Waals surface area (Å²) in [6.45, 7) is 3.17. The number of amides is 1. The number of nitrogens with zero attached hydrogens (tertiary/aromatic N) is 1. The van der Waals surface area contributed by atoms with Gasteiger partial charge in [-0.1, -0.05) is 24.3 Å². The first-order valence-corrected chi connectivity index (χ1v) is 9.34. The van der Waals surface area contributed by atoms with Crippen LogP contribution in [0.3, 0.4) is 0 Å². The van der Waals surface area contributed by atoms with Crippen LogP contribution in [0, 0.1) is 0 Å². The number of carbonyl (C=O) groups is 1. The average Bonchev–Trinajstić information content (AvgIpc) is 2.65. The number of hydrogen-bond acceptors (Lipinski definition) is 3. The highest BCUT2D eigenvalue weighted by Crippen LogP contribution is 2.29. The van der Waals surface area contributed by atoms with Gasteiger partial charge in [0.05, 0.1) is 18.1 Å². The summed E-state index contributed by atoms with van der Waals surface area (Å²) in [6, 6.07) is 14.2. The summed E-state index contributed by atoms with van der Waals surface area (Å²) in [6.07, 6.45) is 2.06. The van der Waals surface area contributed by atoms with Crippen LogP contribution in [0.1, 0.15) is 30.5 Å². The number of carbonyl (C=O) groups excluding carboxylic acids is 1. The maximum Gasteiger partial charge on any atom is 0.240 e. The lowest BCUT2D eigenvalue weighted by Crippen LogP contribution is -2.41. The quantitative estimate of drug-likeness (QED) is 0.818. The first kappa shape index (κ1) is 18.0. The Labute approximate surface area is 157 Å². The van der Waals surface area contributed by atoms with Crippen molar-refractivity contribution in [3.8, 4) is 5.75 Å². The largest absolute Gasteiger partial charge is 0.496 e. The molecule has 1 unspecified atom stereocenters. The molecular weight excluding hydrogens is 380 g/mol. The fraction of sp³-hybridized carbons (Fsp3) is 0.350. The molecule has 1 N–H and O–H groups in total. The summed E-state index contributed by atoms with van der Waals surface area (Å²) in [5.41, 5.74) is 3.43. The second kappa shape index (κ2) is 8.02. The van der Waals surface area contributed by atoms with Crippen LogP contribution in [0.25, 0.3) is 0 Å². The predicted octanol–water partition coefficient (Wildman–Crippen LogP) is 4.09. The van der Waals surface area contributed by atoms with E-state index in [0.717, 1.165) is 40.9 Å². The van der Waals surface area contributed by atoms with Gasteiger partial charge in [0.2, 0.25) is 5.91 Å². The van der Waals surface area contributed by atoms with Crippen LogP contribution < -0.4 is 15.0 Å². The first-order valence-electron chi connectivity index (χ1n) is 8.55. The van der Waals surface area contributed by atoms with Crippen molar-refractivity contribution in [3.63, 3.8) is 0 Å². The Morgan fingerprint density at radius 2 is 2.12 bits per heavy atom. The smallest absolute Gasteiger partial charge is 0.240 e. The third kappa shape index (κ3) is 4.05. The lowest BCUT2D eigenvalue weighted by molar-refractivity contribution is -0.118. The maximum absolute atomic E-state index is 12.7. The highest BCUT2D eigenvalue weighted by atomic mass is 79.9. The number of hydrogen-bond donors (Lipinski definition) is 1. The van der Waals surface area contributed by atoms with Gasteiger partial charge in [0, 0.05) is 18.3 Å². The SMILES string of the molecule is COc1ccc(C(C)NCC(=O)N2CCCc3ccccc32)cc1Br. The molecule has 25 heavy (non-hydrogen) atoms. The topological polar surface area (TPSA) is 41.6 Å². The fourth-order valence-corrected chi connectivity index (χ4v) is 3.76. The molecule has 1 aliphatic heterocycles. The number of anilines is 1. The van der Waals surface area contributed by atoms with Crippen LogP contribution in [0.2, 0.25) is 0 Å². The van der Waals surface area contributed by atoms with Gasteiger partial charge in [-0.05, 0) is 65.0 Å². The van der Waals surface area contributed by atoms with Crippen molar-refractivity contribution in [2.75, 3.05) is 25.1 Å². The van der Waals surface area contributed by atoms with E-state index in [4.69, 9.17) is 4.74 Å². The number of nitrogens with one attached hydrogen (secondary N) is 1. The minimum atomic E-state index is 0.0752. The molecule has 0 aliphatic carbocycles. The third-order valence-corrected chi connectivity index (χ3v) is 5.27. The van der Waals surface area contributed by atoms with E-state index in [1.54, 1.807) is 7.11 Å². The lowest BCUT2D eigenvalue weighted by atomic mass is 10.0. The Hall–Kier alpha value is -1.85. The molecule has 4 nitrogen and oxygen atoms in total. The number of fused-ring (bicyclic) bond motifs is 1. The number of benzene rings is 2. The normalized spacial score (nSPS) is 14.8. The summed E-state index contributed by atoms with van der Waals surface area (Å²) < 4.78 is 6.18. The second-order valence-corrected chi connectivity index (χ2v) is 7.13. The van der Waals surface area contributed by atoms with Gasteiger partial charge < -0.3 is 15.0 Å². The van der Waals surface area contributed by atoms with Crippen molar-refractivity contribution >= 4 is 27.5 Å². The minimum Gasteiger partial charge on any atom is -0.496 e. The van der Waals surface area contributed by atoms with E-state index in [2.05, 4.69) is 34.2 Å². The molecule has 0 fully saturated rings. The zero-order chi connectivity index (χ0) is 17.8. The summed E-state index contributed by atoms with van der Waals surface area (Å²) in [5, 5.41) is 3.34. The zero-order valence-electron chi connectivity index (χ0n) is 14.6. The molecule has 0 saturated carbocycles. The molecule has 1 atom stereocenters. The molecule has 0 saturated heterocycles. The summed E-state index contributed by atoms with van der Waals surface area (Å²) in [7, 11) is 1.65. The molecule has 1 aliphatic rings. The van der Waals surface area contributed by atoms with Crippen LogP contribution in [0.15, 0.2) is 46.9 Å². The molecule has 2 aromatic carbocycles. The summed E-state index contributed by atoms with van der Waals surface area (Å²) in [5.74, 6) is 0.920. The van der Waals surface area contributed by atoms with Gasteiger partial charge in [0.25, 0.3) is 0 Å². The fourth-order valence-electron chi connectivity index (χ4n) is 3.20. The number of halogens is 1. The van der Waals surface area contributed by atoms with Crippen molar-refractivity contribution in [1.82, 2.24) is 5.32 Å². The van der Waals surface area contributed by atoms with E-state index in [-0.39, 0.29) is 11.9 Å². The molecule has 5 heteroatoms. The van der Waals surface area contributed by atoms with Gasteiger partial charge in [-0.3, -0.25) is 4.79 Å². The van der Waals surface area contributed by atoms with Crippen LogP contribution in [0.4, 0.5) is 5.69 Å². The van der Waals surface area contributed by atoms with E-state index in [1.807, 2.05) is 41.3 Å². The maximum atomic E-state index is 12.7. The molecule has 0 aromatic heterocycles. The Morgan fingerprint density at radius 3 is 2.88 bits per heavy atom. The van der Waals surface area contributed by atoms with Crippen LogP contribution >= 0.6 is 15.9 Å². The molecule has 1 heterocycles. The summed E-state index contributed by atoms with van der Waals surface area (Å²) >= 11 is 3.51. The van der Waals surface area contributed by atoms with Gasteiger partial charge in [-0.2, -0.15) is 0 Å². The van der Waals surface area contributed by atoms with Crippen molar-refractivity contribution in [2.24, 2.45) is 0 Å². The average molecular weight is 403 g/mol. The molecule has 3 rings (SSSR count). The minimum absolute atomic E-state index is 0.0752. The van der Waals surface area contributed by atoms with Gasteiger partial charge in [0.1, 0.15) is 5.75 Å². The van der Waals surface area contributed by atoms with Gasteiger partial charge >= 0.3 is 0 Å². The molecule has 1 amide bonds. The predicted molar refractivity (Wildman–Crippen MR) is 104 cm³/mol. The molecule has 0 radical (unpaired) electrons. The Morgan fingerprint density at radius 1 is 1.32 bits per heavy atom. The van der Waals surface area contributed by atoms with Gasteiger partial charge in [-0.15, -0.1) is 0 Å². The molecule has 132 valence electrons. The first-order chi connectivity index (χ1) is 12.1. The van der Waals surface area contributed by atoms with E-state index >= 15 is 0 Å². The molecule has 0 spiro atoms. The van der Waals surface area contributed by atoms with Crippen molar-refractivity contribution in [3.05, 3.63) is 58.1 Å². The van der Waals surface area contributed by atoms with Crippen LogP contribution in [-0.4, -0.2) is 26.1 Å². The standard InChI is InChI=1S/C20H23BrN2O2/c1-14(16-9-10-19(25-2)17(21)12-16)22-13-20(24)23-11-5-7-15-6-3-4-8-18(15)23/h3-4,6,8-10,12,14,22H,5,7,11,13H2,1-2H3. The Bertz CT molecular complexity index is 763. The van der Waals surface area contributed by atoms with E-state index < -0.39 is 0 Å². The molecular formula is C20H23BrN2O2. The van der Waals surface area contributed by atoms with Crippen molar-refractivity contribution in [1.29, 1.82) is 0 Å². The lowest BCUT2D eigenvalue weighted by Gasteiger charge is -2.30. The molecule has 0 bridgehead atoms. The highest BCUT2D eigenvalue weighted by Gasteiger charge is 2.22. The summed E-state index contributed by atoms with van der Waals surface area (Å²) in [4.78, 5) is 14.6. The number of rotatable bonds is 5. The highest BCUT2D eigenvalue weighted by molar-refractivity contribution is 9.10. The zero-order valence-corrected chi connectivity index (χ0v) is 16.2. The number of ether oxygens (including phenoxy) is 1. The van der Waals surface area contributed by atoms with Crippen LogP contribution in [-0.2, 0) is 11.2 Å². The third-order valence-electron chi connectivity index (χ3n) is 4.65. The number of aryl methyl sites for hydroxylation is 1. The second-order valence-electron chi connectivity index (χ2n) is 6.27. The molecule has 2 aromatic rings. The Kier molecular flexibility index (Phi) is 5.76. The van der Waals surface area contributed by atoms with Gasteiger partial charge in [0.15, 0.2) is 0 Å². The van der Waals surface area contributed by atoms with Crippen molar-refractivity contribution in [2.45, 2.75) is 25.8 Å². The van der Waals surface area contributed by atoms with Crippen molar-refractivity contribution < 1.29 is 9.53 Å². The number of para-hydroxylation sites is 1. The van der Waals surface area contributed by atoms with Gasteiger partial charge in [-0.25, -0.2) is 0 Å². The van der Waals surface area contributed by atoms with E-state index in [9.17, 15) is 4.79 Å². The van der Waals surface area contributed by atoms with E-state index in [0.29, 0.717) is 6.54 Å².